The van der Waals surface area contributed by atoms with Gasteiger partial charge in [-0.15, -0.1) is 0 Å². The maximum atomic E-state index is 10.6. The third-order valence-electron chi connectivity index (χ3n) is 0.849. The van der Waals surface area contributed by atoms with Gasteiger partial charge in [0.2, 0.25) is 0 Å². The molecule has 0 amide bonds. The molecular formula is C6H9IO4. The van der Waals surface area contributed by atoms with Gasteiger partial charge in [-0.3, -0.25) is 9.59 Å². The highest BCUT2D eigenvalue weighted by Gasteiger charge is 2.12. The number of hydrogen-bond donors (Lipinski definition) is 0. The number of methoxy groups -OCH3 is 1. The molecule has 64 valence electrons. The standard InChI is InChI=1S/C6H9IO4/c1-4(8)11-5(7)3-6(9)10-2/h5H,3H2,1-2H3. The summed E-state index contributed by atoms with van der Waals surface area (Å²) in [5.74, 6) is -0.779. The van der Waals surface area contributed by atoms with Crippen molar-refractivity contribution in [2.24, 2.45) is 0 Å². The number of ether oxygens (including phenoxy) is 2. The van der Waals surface area contributed by atoms with Crippen molar-refractivity contribution in [3.63, 3.8) is 0 Å². The van der Waals surface area contributed by atoms with Gasteiger partial charge in [-0.05, 0) is 22.6 Å². The van der Waals surface area contributed by atoms with E-state index in [0.717, 1.165) is 0 Å². The second-order valence-corrected chi connectivity index (χ2v) is 3.19. The molecule has 0 fully saturated rings. The molecule has 1 unspecified atom stereocenters. The Morgan fingerprint density at radius 3 is 2.45 bits per heavy atom. The molecule has 0 heterocycles. The van der Waals surface area contributed by atoms with Crippen molar-refractivity contribution in [3.05, 3.63) is 0 Å². The van der Waals surface area contributed by atoms with Crippen molar-refractivity contribution < 1.29 is 19.1 Å². The molecule has 0 N–H and O–H groups in total. The van der Waals surface area contributed by atoms with Crippen molar-refractivity contribution in [1.82, 2.24) is 0 Å². The number of esters is 2. The highest BCUT2D eigenvalue weighted by molar-refractivity contribution is 14.1. The monoisotopic (exact) mass is 272 g/mol. The van der Waals surface area contributed by atoms with Crippen LogP contribution in [0.4, 0.5) is 0 Å². The average Bonchev–Trinajstić information content (AvgIpc) is 1.85. The fourth-order valence-corrected chi connectivity index (χ4v) is 1.15. The lowest BCUT2D eigenvalue weighted by atomic mass is 10.5. The first kappa shape index (κ1) is 10.7. The minimum Gasteiger partial charge on any atom is -0.469 e. The van der Waals surface area contributed by atoms with Crippen LogP contribution in [0.5, 0.6) is 0 Å². The van der Waals surface area contributed by atoms with Gasteiger partial charge in [0.1, 0.15) is 0 Å². The van der Waals surface area contributed by atoms with Gasteiger partial charge >= 0.3 is 11.9 Å². The molecule has 0 rings (SSSR count). The number of halogens is 1. The average molecular weight is 272 g/mol. The van der Waals surface area contributed by atoms with Gasteiger partial charge in [0.15, 0.2) is 4.11 Å². The van der Waals surface area contributed by atoms with Crippen LogP contribution >= 0.6 is 22.6 Å². The van der Waals surface area contributed by atoms with Crippen LogP contribution in [0.15, 0.2) is 0 Å². The van der Waals surface area contributed by atoms with Gasteiger partial charge in [0, 0.05) is 6.92 Å². The van der Waals surface area contributed by atoms with Crippen molar-refractivity contribution in [1.29, 1.82) is 0 Å². The molecule has 0 bridgehead atoms. The molecule has 0 aliphatic rings. The Hall–Kier alpha value is -0.330. The number of carbonyl (C=O) groups is 2. The van der Waals surface area contributed by atoms with Crippen LogP contribution in [-0.4, -0.2) is 23.2 Å². The van der Waals surface area contributed by atoms with E-state index in [1.807, 2.05) is 22.6 Å². The van der Waals surface area contributed by atoms with E-state index in [-0.39, 0.29) is 12.4 Å². The van der Waals surface area contributed by atoms with Crippen molar-refractivity contribution in [3.8, 4) is 0 Å². The van der Waals surface area contributed by atoms with Crippen LogP contribution in [0.3, 0.4) is 0 Å². The molecule has 5 heteroatoms. The summed E-state index contributed by atoms with van der Waals surface area (Å²) in [7, 11) is 1.29. The first-order valence-electron chi connectivity index (χ1n) is 2.94. The molecule has 0 radical (unpaired) electrons. The van der Waals surface area contributed by atoms with Gasteiger partial charge in [-0.25, -0.2) is 0 Å². The van der Waals surface area contributed by atoms with Crippen molar-refractivity contribution in [2.75, 3.05) is 7.11 Å². The van der Waals surface area contributed by atoms with Gasteiger partial charge in [0.25, 0.3) is 0 Å². The molecule has 0 aliphatic heterocycles. The maximum Gasteiger partial charge on any atom is 0.310 e. The van der Waals surface area contributed by atoms with E-state index >= 15 is 0 Å². The topological polar surface area (TPSA) is 52.6 Å². The molecule has 0 aromatic rings. The molecule has 0 saturated heterocycles. The summed E-state index contributed by atoms with van der Waals surface area (Å²) in [4.78, 5) is 20.9. The zero-order chi connectivity index (χ0) is 8.85. The van der Waals surface area contributed by atoms with Crippen LogP contribution in [0.1, 0.15) is 13.3 Å². The molecule has 0 aromatic heterocycles. The quantitative estimate of drug-likeness (QED) is 0.434. The summed E-state index contributed by atoms with van der Waals surface area (Å²) in [5.41, 5.74) is 0. The van der Waals surface area contributed by atoms with E-state index in [0.29, 0.717) is 0 Å². The Kier molecular flexibility index (Phi) is 5.18. The summed E-state index contributed by atoms with van der Waals surface area (Å²) in [5, 5.41) is 0. The number of alkyl halides is 1. The zero-order valence-electron chi connectivity index (χ0n) is 6.30. The van der Waals surface area contributed by atoms with Crippen LogP contribution in [-0.2, 0) is 19.1 Å². The molecule has 0 saturated carbocycles. The number of hydrogen-bond acceptors (Lipinski definition) is 4. The summed E-state index contributed by atoms with van der Waals surface area (Å²) in [6.07, 6.45) is 0.0939. The molecular weight excluding hydrogens is 263 g/mol. The maximum absolute atomic E-state index is 10.6. The number of carbonyl (C=O) groups excluding carboxylic acids is 2. The third-order valence-corrected chi connectivity index (χ3v) is 1.54. The Labute approximate surface area is 78.4 Å². The summed E-state index contributed by atoms with van der Waals surface area (Å²) in [6.45, 7) is 1.29. The van der Waals surface area contributed by atoms with E-state index in [1.165, 1.54) is 14.0 Å². The molecule has 0 spiro atoms. The van der Waals surface area contributed by atoms with Gasteiger partial charge in [-0.2, -0.15) is 0 Å². The second-order valence-electron chi connectivity index (χ2n) is 1.80. The first-order chi connectivity index (χ1) is 5.06. The highest BCUT2D eigenvalue weighted by atomic mass is 127. The Balaban J connectivity index is 3.60. The minimum absolute atomic E-state index is 0.0939. The van der Waals surface area contributed by atoms with Gasteiger partial charge in [0.05, 0.1) is 13.5 Å². The lowest BCUT2D eigenvalue weighted by Gasteiger charge is -2.07. The fraction of sp³-hybridized carbons (Fsp3) is 0.667. The normalized spacial score (nSPS) is 11.9. The predicted molar refractivity (Wildman–Crippen MR) is 46.2 cm³/mol. The second kappa shape index (κ2) is 5.34. The lowest BCUT2D eigenvalue weighted by Crippen LogP contribution is -2.14. The van der Waals surface area contributed by atoms with Gasteiger partial charge < -0.3 is 9.47 Å². The van der Waals surface area contributed by atoms with E-state index in [4.69, 9.17) is 0 Å². The zero-order valence-corrected chi connectivity index (χ0v) is 8.45. The van der Waals surface area contributed by atoms with Crippen LogP contribution < -0.4 is 0 Å². The summed E-state index contributed by atoms with van der Waals surface area (Å²) >= 11 is 1.85. The van der Waals surface area contributed by atoms with Crippen molar-refractivity contribution in [2.45, 2.75) is 17.5 Å². The first-order valence-corrected chi connectivity index (χ1v) is 4.19. The molecule has 0 aliphatic carbocycles. The smallest absolute Gasteiger partial charge is 0.310 e. The Bertz CT molecular complexity index is 157. The van der Waals surface area contributed by atoms with E-state index in [2.05, 4.69) is 9.47 Å². The Morgan fingerprint density at radius 2 is 2.09 bits per heavy atom. The van der Waals surface area contributed by atoms with E-state index in [9.17, 15) is 9.59 Å². The van der Waals surface area contributed by atoms with Gasteiger partial charge in [-0.1, -0.05) is 0 Å². The summed E-state index contributed by atoms with van der Waals surface area (Å²) in [6, 6.07) is 0. The van der Waals surface area contributed by atoms with E-state index in [1.54, 1.807) is 0 Å². The molecule has 0 aromatic carbocycles. The lowest BCUT2D eigenvalue weighted by molar-refractivity contribution is -0.147. The number of rotatable bonds is 3. The summed E-state index contributed by atoms with van der Waals surface area (Å²) < 4.78 is 8.60. The van der Waals surface area contributed by atoms with Crippen LogP contribution in [0.25, 0.3) is 0 Å². The predicted octanol–water partition coefficient (Wildman–Crippen LogP) is 0.874. The SMILES string of the molecule is COC(=O)CC(I)OC(C)=O. The van der Waals surface area contributed by atoms with E-state index < -0.39 is 10.1 Å². The fourth-order valence-electron chi connectivity index (χ4n) is 0.436. The molecule has 11 heavy (non-hydrogen) atoms. The molecule has 4 nitrogen and oxygen atoms in total. The van der Waals surface area contributed by atoms with Crippen molar-refractivity contribution >= 4 is 34.5 Å². The largest absolute Gasteiger partial charge is 0.469 e. The minimum atomic E-state index is -0.433. The van der Waals surface area contributed by atoms with Crippen LogP contribution in [0.2, 0.25) is 0 Å². The highest BCUT2D eigenvalue weighted by Crippen LogP contribution is 2.08. The van der Waals surface area contributed by atoms with Crippen LogP contribution in [0, 0.1) is 0 Å². The molecule has 1 atom stereocenters. The Morgan fingerprint density at radius 1 is 1.55 bits per heavy atom. The third kappa shape index (κ3) is 6.08.